The topological polar surface area (TPSA) is 79.7 Å². The molecule has 166 valence electrons. The number of aliphatic hydroxyl groups is 1. The lowest BCUT2D eigenvalue weighted by Crippen LogP contribution is -2.30. The van der Waals surface area contributed by atoms with Gasteiger partial charge in [0, 0.05) is 30.1 Å². The number of aryl methyl sites for hydroxylation is 2. The van der Waals surface area contributed by atoms with Gasteiger partial charge in [0.25, 0.3) is 11.7 Å². The van der Waals surface area contributed by atoms with Crippen LogP contribution in [0.2, 0.25) is 0 Å². The molecule has 6 nitrogen and oxygen atoms in total. The maximum Gasteiger partial charge on any atom is 0.300 e. The molecule has 0 spiro atoms. The van der Waals surface area contributed by atoms with Crippen molar-refractivity contribution in [1.29, 1.82) is 0 Å². The molecule has 33 heavy (non-hydrogen) atoms. The summed E-state index contributed by atoms with van der Waals surface area (Å²) in [5, 5.41) is 11.3. The number of aliphatic hydroxyl groups excluding tert-OH is 1. The Morgan fingerprint density at radius 1 is 1.12 bits per heavy atom. The van der Waals surface area contributed by atoms with Gasteiger partial charge in [0.2, 0.25) is 0 Å². The molecule has 0 aliphatic carbocycles. The first-order valence-electron chi connectivity index (χ1n) is 10.9. The van der Waals surface area contributed by atoms with Gasteiger partial charge in [-0.05, 0) is 73.4 Å². The Morgan fingerprint density at radius 2 is 1.94 bits per heavy atom. The van der Waals surface area contributed by atoms with E-state index in [2.05, 4.69) is 4.98 Å². The normalized spacial score (nSPS) is 21.2. The molecule has 2 atom stereocenters. The maximum atomic E-state index is 13.3. The van der Waals surface area contributed by atoms with E-state index in [1.54, 1.807) is 30.6 Å². The Morgan fingerprint density at radius 3 is 2.70 bits per heavy atom. The van der Waals surface area contributed by atoms with E-state index in [0.29, 0.717) is 16.8 Å². The summed E-state index contributed by atoms with van der Waals surface area (Å²) in [6.45, 7) is 5.82. The minimum Gasteiger partial charge on any atom is -0.507 e. The van der Waals surface area contributed by atoms with Crippen molar-refractivity contribution in [1.82, 2.24) is 4.98 Å². The standard InChI is InChI=1S/C27H24N2O4/c1-15-6-7-16(2)21(11-15)29-24(19-5-4-10-28-14-19)23(26(31)27(29)32)25(30)18-8-9-22-20(13-18)12-17(3)33-22/h4-11,13-14,17,24,30H,12H2,1-3H3/b25-23-. The number of benzene rings is 2. The molecule has 2 unspecified atom stereocenters. The molecule has 3 heterocycles. The number of aromatic nitrogens is 1. The number of fused-ring (bicyclic) bond motifs is 1. The van der Waals surface area contributed by atoms with Crippen LogP contribution in [0.25, 0.3) is 5.76 Å². The first-order valence-corrected chi connectivity index (χ1v) is 10.9. The van der Waals surface area contributed by atoms with Crippen LogP contribution in [0, 0.1) is 13.8 Å². The number of hydrogen-bond donors (Lipinski definition) is 1. The van der Waals surface area contributed by atoms with Crippen molar-refractivity contribution in [3.05, 3.63) is 94.3 Å². The number of anilines is 1. The minimum absolute atomic E-state index is 0.0563. The third-order valence-corrected chi connectivity index (χ3v) is 6.24. The average molecular weight is 440 g/mol. The lowest BCUT2D eigenvalue weighted by Gasteiger charge is -2.27. The van der Waals surface area contributed by atoms with E-state index in [1.165, 1.54) is 4.90 Å². The van der Waals surface area contributed by atoms with Crippen LogP contribution in [-0.2, 0) is 16.0 Å². The molecular weight excluding hydrogens is 416 g/mol. The second-order valence-electron chi connectivity index (χ2n) is 8.70. The number of ether oxygens (including phenoxy) is 1. The SMILES string of the molecule is Cc1ccc(C)c(N2C(=O)C(=O)/C(=C(\O)c3ccc4c(c3)CC(C)O4)C2c2cccnc2)c1. The average Bonchev–Trinajstić information content (AvgIpc) is 3.31. The van der Waals surface area contributed by atoms with Crippen LogP contribution in [0.15, 0.2) is 66.5 Å². The van der Waals surface area contributed by atoms with Gasteiger partial charge in [-0.1, -0.05) is 18.2 Å². The van der Waals surface area contributed by atoms with Gasteiger partial charge >= 0.3 is 0 Å². The third kappa shape index (κ3) is 3.48. The number of amides is 1. The summed E-state index contributed by atoms with van der Waals surface area (Å²) in [6.07, 6.45) is 4.04. The summed E-state index contributed by atoms with van der Waals surface area (Å²) in [7, 11) is 0. The lowest BCUT2D eigenvalue weighted by atomic mass is 9.95. The molecule has 1 fully saturated rings. The van der Waals surface area contributed by atoms with Gasteiger partial charge in [-0.25, -0.2) is 0 Å². The predicted octanol–water partition coefficient (Wildman–Crippen LogP) is 4.65. The second kappa shape index (κ2) is 7.89. The summed E-state index contributed by atoms with van der Waals surface area (Å²) in [5.74, 6) is -0.805. The maximum absolute atomic E-state index is 13.3. The van der Waals surface area contributed by atoms with Crippen LogP contribution < -0.4 is 9.64 Å². The fourth-order valence-corrected chi connectivity index (χ4v) is 4.64. The summed E-state index contributed by atoms with van der Waals surface area (Å²) in [4.78, 5) is 32.3. The molecular formula is C27H24N2O4. The predicted molar refractivity (Wildman–Crippen MR) is 125 cm³/mol. The van der Waals surface area contributed by atoms with Crippen molar-refractivity contribution in [3.8, 4) is 5.75 Å². The lowest BCUT2D eigenvalue weighted by molar-refractivity contribution is -0.132. The highest BCUT2D eigenvalue weighted by atomic mass is 16.5. The van der Waals surface area contributed by atoms with Crippen molar-refractivity contribution >= 4 is 23.1 Å². The molecule has 1 saturated heterocycles. The molecule has 2 aliphatic rings. The first-order chi connectivity index (χ1) is 15.8. The molecule has 0 bridgehead atoms. The van der Waals surface area contributed by atoms with Crippen LogP contribution in [-0.4, -0.2) is 27.9 Å². The highest BCUT2D eigenvalue weighted by molar-refractivity contribution is 6.51. The molecule has 6 heteroatoms. The van der Waals surface area contributed by atoms with E-state index >= 15 is 0 Å². The summed E-state index contributed by atoms with van der Waals surface area (Å²) >= 11 is 0. The molecule has 0 saturated carbocycles. The Kier molecular flexibility index (Phi) is 5.01. The van der Waals surface area contributed by atoms with Gasteiger partial charge in [-0.15, -0.1) is 0 Å². The van der Waals surface area contributed by atoms with Crippen LogP contribution in [0.5, 0.6) is 5.75 Å². The quantitative estimate of drug-likeness (QED) is 0.364. The van der Waals surface area contributed by atoms with Crippen LogP contribution in [0.3, 0.4) is 0 Å². The fourth-order valence-electron chi connectivity index (χ4n) is 4.64. The molecule has 1 amide bonds. The van der Waals surface area contributed by atoms with E-state index in [0.717, 1.165) is 28.9 Å². The number of hydrogen-bond acceptors (Lipinski definition) is 5. The number of Topliss-reactive ketones (excluding diaryl/α,β-unsaturated/α-hetero) is 1. The Hall–Kier alpha value is -3.93. The van der Waals surface area contributed by atoms with Crippen LogP contribution >= 0.6 is 0 Å². The summed E-state index contributed by atoms with van der Waals surface area (Å²) < 4.78 is 5.76. The van der Waals surface area contributed by atoms with Crippen molar-refractivity contribution in [2.45, 2.75) is 39.3 Å². The third-order valence-electron chi connectivity index (χ3n) is 6.24. The zero-order chi connectivity index (χ0) is 23.3. The molecule has 3 aromatic rings. The van der Waals surface area contributed by atoms with E-state index in [1.807, 2.05) is 51.1 Å². The van der Waals surface area contributed by atoms with Crippen LogP contribution in [0.4, 0.5) is 5.69 Å². The number of nitrogens with zero attached hydrogens (tertiary/aromatic N) is 2. The van der Waals surface area contributed by atoms with Crippen molar-refractivity contribution in [2.24, 2.45) is 0 Å². The van der Waals surface area contributed by atoms with E-state index in [9.17, 15) is 14.7 Å². The van der Waals surface area contributed by atoms with Crippen LogP contribution in [0.1, 0.15) is 40.8 Å². The van der Waals surface area contributed by atoms with Gasteiger partial charge < -0.3 is 9.84 Å². The molecule has 0 radical (unpaired) electrons. The van der Waals surface area contributed by atoms with E-state index in [-0.39, 0.29) is 17.4 Å². The van der Waals surface area contributed by atoms with Crippen molar-refractivity contribution in [2.75, 3.05) is 4.90 Å². The molecule has 1 N–H and O–H groups in total. The second-order valence-corrected chi connectivity index (χ2v) is 8.70. The van der Waals surface area contributed by atoms with Gasteiger partial charge in [0.15, 0.2) is 0 Å². The molecule has 1 aromatic heterocycles. The molecule has 2 aromatic carbocycles. The fraction of sp³-hybridized carbons (Fsp3) is 0.222. The number of rotatable bonds is 3. The van der Waals surface area contributed by atoms with E-state index in [4.69, 9.17) is 4.74 Å². The highest BCUT2D eigenvalue weighted by Crippen LogP contribution is 2.43. The largest absolute Gasteiger partial charge is 0.507 e. The number of ketones is 1. The Balaban J connectivity index is 1.71. The van der Waals surface area contributed by atoms with Crippen molar-refractivity contribution in [3.63, 3.8) is 0 Å². The van der Waals surface area contributed by atoms with Gasteiger partial charge in [0.1, 0.15) is 17.6 Å². The zero-order valence-corrected chi connectivity index (χ0v) is 18.7. The monoisotopic (exact) mass is 440 g/mol. The zero-order valence-electron chi connectivity index (χ0n) is 18.7. The Bertz CT molecular complexity index is 1310. The number of carbonyl (C=O) groups is 2. The van der Waals surface area contributed by atoms with Gasteiger partial charge in [-0.3, -0.25) is 19.5 Å². The smallest absolute Gasteiger partial charge is 0.300 e. The Labute approximate surface area is 192 Å². The summed E-state index contributed by atoms with van der Waals surface area (Å²) in [6, 6.07) is 13.9. The number of carbonyl (C=O) groups excluding carboxylic acids is 2. The molecule has 5 rings (SSSR count). The number of pyridine rings is 1. The van der Waals surface area contributed by atoms with Gasteiger partial charge in [0.05, 0.1) is 11.6 Å². The summed E-state index contributed by atoms with van der Waals surface area (Å²) in [5.41, 5.74) is 4.63. The molecule has 2 aliphatic heterocycles. The van der Waals surface area contributed by atoms with Crippen molar-refractivity contribution < 1.29 is 19.4 Å². The van der Waals surface area contributed by atoms with E-state index < -0.39 is 17.7 Å². The van der Waals surface area contributed by atoms with Gasteiger partial charge in [-0.2, -0.15) is 0 Å². The highest BCUT2D eigenvalue weighted by Gasteiger charge is 2.47. The minimum atomic E-state index is -0.789. The first kappa shape index (κ1) is 20.9.